The molecule has 0 amide bonds. The Bertz CT molecular complexity index is 189. The molecular formula is C8H13BrO2S2. The van der Waals surface area contributed by atoms with Crippen molar-refractivity contribution in [3.8, 4) is 0 Å². The van der Waals surface area contributed by atoms with Crippen LogP contribution in [0.3, 0.4) is 0 Å². The zero-order valence-electron chi connectivity index (χ0n) is 7.66. The van der Waals surface area contributed by atoms with Crippen molar-refractivity contribution in [2.75, 3.05) is 11.1 Å². The van der Waals surface area contributed by atoms with Crippen molar-refractivity contribution in [3.05, 3.63) is 0 Å². The van der Waals surface area contributed by atoms with Gasteiger partial charge < -0.3 is 4.74 Å². The molecule has 1 aliphatic heterocycles. The Morgan fingerprint density at radius 1 is 1.54 bits per heavy atom. The first-order valence-corrected chi connectivity index (χ1v) is 7.27. The molecule has 0 saturated carbocycles. The lowest BCUT2D eigenvalue weighted by Crippen LogP contribution is -2.29. The minimum atomic E-state index is -0.167. The lowest BCUT2D eigenvalue weighted by molar-refractivity contribution is -0.141. The first kappa shape index (κ1) is 11.7. The van der Waals surface area contributed by atoms with E-state index in [1.165, 1.54) is 0 Å². The molecule has 0 aromatic carbocycles. The second-order valence-corrected chi connectivity index (χ2v) is 6.45. The van der Waals surface area contributed by atoms with Crippen LogP contribution >= 0.6 is 39.5 Å². The van der Waals surface area contributed by atoms with Gasteiger partial charge in [-0.3, -0.25) is 4.79 Å². The molecule has 1 heterocycles. The number of esters is 1. The molecule has 0 radical (unpaired) electrons. The summed E-state index contributed by atoms with van der Waals surface area (Å²) in [6.07, 6.45) is 0. The van der Waals surface area contributed by atoms with Crippen molar-refractivity contribution in [3.63, 3.8) is 0 Å². The van der Waals surface area contributed by atoms with E-state index in [1.807, 2.05) is 11.8 Å². The number of carbonyl (C=O) groups excluding carboxylic acids is 1. The van der Waals surface area contributed by atoms with Crippen molar-refractivity contribution in [1.29, 1.82) is 0 Å². The van der Waals surface area contributed by atoms with Crippen LogP contribution in [0.25, 0.3) is 0 Å². The van der Waals surface area contributed by atoms with Gasteiger partial charge in [-0.1, -0.05) is 29.8 Å². The average Bonchev–Trinajstić information content (AvgIpc) is 2.11. The average molecular weight is 285 g/mol. The molecule has 0 aliphatic carbocycles. The Hall–Kier alpha value is 0.650. The number of rotatable bonds is 2. The monoisotopic (exact) mass is 284 g/mol. The fraction of sp³-hybridized carbons (Fsp3) is 0.875. The van der Waals surface area contributed by atoms with Gasteiger partial charge in [-0.25, -0.2) is 0 Å². The van der Waals surface area contributed by atoms with Gasteiger partial charge in [-0.05, 0) is 0 Å². The van der Waals surface area contributed by atoms with E-state index in [4.69, 9.17) is 4.74 Å². The number of alkyl halides is 1. The maximum atomic E-state index is 11.0. The Kier molecular flexibility index (Phi) is 4.97. The first-order valence-electron chi connectivity index (χ1n) is 4.16. The molecule has 1 saturated heterocycles. The largest absolute Gasteiger partial charge is 0.450 e. The minimum absolute atomic E-state index is 0.0428. The molecule has 76 valence electrons. The van der Waals surface area contributed by atoms with Gasteiger partial charge in [0.15, 0.2) is 5.44 Å². The zero-order valence-corrected chi connectivity index (χ0v) is 10.9. The van der Waals surface area contributed by atoms with Crippen LogP contribution in [-0.4, -0.2) is 33.0 Å². The molecule has 3 unspecified atom stereocenters. The second kappa shape index (κ2) is 5.51. The lowest BCUT2D eigenvalue weighted by atomic mass is 10.4. The van der Waals surface area contributed by atoms with Gasteiger partial charge in [0.25, 0.3) is 0 Å². The van der Waals surface area contributed by atoms with Gasteiger partial charge in [-0.2, -0.15) is 11.8 Å². The van der Waals surface area contributed by atoms with E-state index in [-0.39, 0.29) is 11.4 Å². The summed E-state index contributed by atoms with van der Waals surface area (Å²) in [4.78, 5) is 11.0. The van der Waals surface area contributed by atoms with Gasteiger partial charge in [-0.15, -0.1) is 11.8 Å². The van der Waals surface area contributed by atoms with Gasteiger partial charge in [0.1, 0.15) is 5.33 Å². The third kappa shape index (κ3) is 3.72. The van der Waals surface area contributed by atoms with Crippen LogP contribution in [0.5, 0.6) is 0 Å². The molecule has 3 atom stereocenters. The summed E-state index contributed by atoms with van der Waals surface area (Å²) in [5, 5.41) is 1.51. The molecule has 0 aromatic rings. The van der Waals surface area contributed by atoms with E-state index >= 15 is 0 Å². The highest BCUT2D eigenvalue weighted by Crippen LogP contribution is 2.36. The maximum absolute atomic E-state index is 11.0. The molecule has 0 N–H and O–H groups in total. The fourth-order valence-corrected chi connectivity index (χ4v) is 3.77. The summed E-state index contributed by atoms with van der Waals surface area (Å²) in [7, 11) is 0. The molecule has 1 aliphatic rings. The number of hydrogen-bond acceptors (Lipinski definition) is 4. The molecule has 2 nitrogen and oxygen atoms in total. The molecular weight excluding hydrogens is 272 g/mol. The van der Waals surface area contributed by atoms with Crippen LogP contribution in [-0.2, 0) is 9.53 Å². The van der Waals surface area contributed by atoms with Gasteiger partial charge >= 0.3 is 5.97 Å². The number of ether oxygens (including phenoxy) is 1. The third-order valence-electron chi connectivity index (χ3n) is 1.89. The standard InChI is InChI=1S/C8H13BrO2S2/c1-5-6(2)13-8(4-12-5)11-7(10)3-9/h5-6,8H,3-4H2,1-2H3. The topological polar surface area (TPSA) is 26.3 Å². The quantitative estimate of drug-likeness (QED) is 0.575. The van der Waals surface area contributed by atoms with E-state index in [9.17, 15) is 4.79 Å². The van der Waals surface area contributed by atoms with Crippen molar-refractivity contribution in [1.82, 2.24) is 0 Å². The Morgan fingerprint density at radius 2 is 2.23 bits per heavy atom. The number of carbonyl (C=O) groups is 1. The number of halogens is 1. The SMILES string of the molecule is CC1SCC(OC(=O)CBr)SC1C. The van der Waals surface area contributed by atoms with E-state index in [2.05, 4.69) is 29.8 Å². The Morgan fingerprint density at radius 3 is 2.77 bits per heavy atom. The van der Waals surface area contributed by atoms with Crippen LogP contribution in [0.2, 0.25) is 0 Å². The van der Waals surface area contributed by atoms with E-state index in [0.717, 1.165) is 5.75 Å². The van der Waals surface area contributed by atoms with Crippen LogP contribution in [0, 0.1) is 0 Å². The fourth-order valence-electron chi connectivity index (χ4n) is 0.995. The van der Waals surface area contributed by atoms with Crippen molar-refractivity contribution in [2.24, 2.45) is 0 Å². The molecule has 0 aromatic heterocycles. The molecule has 0 bridgehead atoms. The van der Waals surface area contributed by atoms with Crippen LogP contribution in [0.1, 0.15) is 13.8 Å². The van der Waals surface area contributed by atoms with Gasteiger partial charge in [0.05, 0.1) is 0 Å². The first-order chi connectivity index (χ1) is 6.13. The smallest absolute Gasteiger partial charge is 0.317 e. The highest BCUT2D eigenvalue weighted by atomic mass is 79.9. The highest BCUT2D eigenvalue weighted by Gasteiger charge is 2.27. The predicted octanol–water partition coefficient (Wildman–Crippen LogP) is 2.51. The molecule has 5 heteroatoms. The van der Waals surface area contributed by atoms with Crippen molar-refractivity contribution >= 4 is 45.4 Å². The van der Waals surface area contributed by atoms with E-state index in [0.29, 0.717) is 15.8 Å². The third-order valence-corrected chi connectivity index (χ3v) is 5.57. The Labute approximate surface area is 95.7 Å². The van der Waals surface area contributed by atoms with Crippen LogP contribution in [0.4, 0.5) is 0 Å². The zero-order chi connectivity index (χ0) is 9.84. The number of hydrogen-bond donors (Lipinski definition) is 0. The van der Waals surface area contributed by atoms with Crippen LogP contribution in [0.15, 0.2) is 0 Å². The summed E-state index contributed by atoms with van der Waals surface area (Å²) in [6.45, 7) is 4.39. The summed E-state index contributed by atoms with van der Waals surface area (Å²) in [6, 6.07) is 0. The van der Waals surface area contributed by atoms with Gasteiger partial charge in [0, 0.05) is 16.3 Å². The Balaban J connectivity index is 2.33. The van der Waals surface area contributed by atoms with Crippen LogP contribution < -0.4 is 0 Å². The highest BCUT2D eigenvalue weighted by molar-refractivity contribution is 9.09. The summed E-state index contributed by atoms with van der Waals surface area (Å²) < 4.78 is 5.22. The normalized spacial score (nSPS) is 34.2. The summed E-state index contributed by atoms with van der Waals surface area (Å²) >= 11 is 6.70. The molecule has 1 rings (SSSR count). The minimum Gasteiger partial charge on any atom is -0.450 e. The molecule has 1 fully saturated rings. The van der Waals surface area contributed by atoms with Crippen molar-refractivity contribution in [2.45, 2.75) is 29.8 Å². The second-order valence-electron chi connectivity index (χ2n) is 2.93. The summed E-state index contributed by atoms with van der Waals surface area (Å²) in [5.74, 6) is 0.745. The van der Waals surface area contributed by atoms with Crippen molar-refractivity contribution < 1.29 is 9.53 Å². The maximum Gasteiger partial charge on any atom is 0.317 e. The summed E-state index contributed by atoms with van der Waals surface area (Å²) in [5.41, 5.74) is 0.0428. The number of thioether (sulfide) groups is 2. The van der Waals surface area contributed by atoms with Gasteiger partial charge in [0.2, 0.25) is 0 Å². The van der Waals surface area contributed by atoms with E-state index in [1.54, 1.807) is 11.8 Å². The molecule has 0 spiro atoms. The predicted molar refractivity (Wildman–Crippen MR) is 62.6 cm³/mol. The molecule has 13 heavy (non-hydrogen) atoms. The van der Waals surface area contributed by atoms with E-state index < -0.39 is 0 Å². The lowest BCUT2D eigenvalue weighted by Gasteiger charge is -2.30.